The second kappa shape index (κ2) is 9.38. The van der Waals surface area contributed by atoms with Gasteiger partial charge in [-0.1, -0.05) is 28.9 Å². The number of carbonyl (C=O) groups excluding carboxylic acids is 1. The van der Waals surface area contributed by atoms with Gasteiger partial charge in [-0.05, 0) is 49.2 Å². The average Bonchev–Trinajstić information content (AvgIpc) is 3.14. The van der Waals surface area contributed by atoms with E-state index in [-0.39, 0.29) is 16.6 Å². The lowest BCUT2D eigenvalue weighted by atomic mass is 10.1. The molecule has 0 unspecified atom stereocenters. The first-order valence-corrected chi connectivity index (χ1v) is 11.5. The Hall–Kier alpha value is -2.42. The number of rotatable bonds is 5. The second-order valence-corrected chi connectivity index (χ2v) is 9.16. The third kappa shape index (κ3) is 4.92. The van der Waals surface area contributed by atoms with Crippen molar-refractivity contribution in [2.24, 2.45) is 0 Å². The molecule has 4 rings (SSSR count). The number of nitrogens with zero attached hydrogens (tertiary/aromatic N) is 4. The summed E-state index contributed by atoms with van der Waals surface area (Å²) in [7, 11) is 0. The third-order valence-corrected chi connectivity index (χ3v) is 6.55. The van der Waals surface area contributed by atoms with Crippen molar-refractivity contribution in [2.75, 3.05) is 29.9 Å². The topological polar surface area (TPSA) is 63.1 Å². The maximum Gasteiger partial charge on any atom is 0.278 e. The maximum absolute atomic E-state index is 13.5. The molecule has 6 nitrogen and oxygen atoms in total. The zero-order valence-corrected chi connectivity index (χ0v) is 18.9. The zero-order valence-electron chi connectivity index (χ0n) is 17.4. The Kier molecular flexibility index (Phi) is 6.60. The van der Waals surface area contributed by atoms with E-state index in [4.69, 9.17) is 11.6 Å². The molecule has 0 spiro atoms. The minimum atomic E-state index is -0.514. The lowest BCUT2D eigenvalue weighted by Crippen LogP contribution is -2.32. The SMILES string of the molecule is Cc1ccc(CN2CCSCC2)cc1NC(=O)c1nnn(-c2ccc(F)c(Cl)c2)c1C. The standard InChI is InChI=1S/C22H23ClFN5OS/c1-14-3-4-16(13-28-7-9-31-10-8-28)11-20(14)25-22(30)21-15(2)29(27-26-21)17-5-6-19(24)18(23)12-17/h3-6,11-12H,7-10,13H2,1-2H3,(H,25,30). The van der Waals surface area contributed by atoms with Crippen LogP contribution in [0.4, 0.5) is 10.1 Å². The molecule has 3 aromatic rings. The summed E-state index contributed by atoms with van der Waals surface area (Å²) in [5.41, 5.74) is 4.18. The number of amides is 1. The Morgan fingerprint density at radius 3 is 2.71 bits per heavy atom. The van der Waals surface area contributed by atoms with Crippen molar-refractivity contribution in [1.82, 2.24) is 19.9 Å². The van der Waals surface area contributed by atoms with Crippen LogP contribution in [0.3, 0.4) is 0 Å². The van der Waals surface area contributed by atoms with Crippen molar-refractivity contribution < 1.29 is 9.18 Å². The summed E-state index contributed by atoms with van der Waals surface area (Å²) < 4.78 is 14.9. The van der Waals surface area contributed by atoms with Crippen molar-refractivity contribution in [1.29, 1.82) is 0 Å². The first-order valence-electron chi connectivity index (χ1n) is 10.0. The molecule has 9 heteroatoms. The number of nitrogens with one attached hydrogen (secondary N) is 1. The summed E-state index contributed by atoms with van der Waals surface area (Å²) in [6, 6.07) is 10.4. The molecule has 31 heavy (non-hydrogen) atoms. The van der Waals surface area contributed by atoms with Crippen molar-refractivity contribution in [3.05, 3.63) is 69.8 Å². The number of anilines is 1. The van der Waals surface area contributed by atoms with Gasteiger partial charge in [0.05, 0.1) is 16.4 Å². The predicted octanol–water partition coefficient (Wildman–Crippen LogP) is 4.48. The van der Waals surface area contributed by atoms with Gasteiger partial charge < -0.3 is 5.32 Å². The van der Waals surface area contributed by atoms with E-state index >= 15 is 0 Å². The molecule has 0 bridgehead atoms. The number of hydrogen-bond acceptors (Lipinski definition) is 5. The fourth-order valence-corrected chi connectivity index (χ4v) is 4.66. The smallest absolute Gasteiger partial charge is 0.278 e. The molecule has 1 aromatic heterocycles. The number of halogens is 2. The Morgan fingerprint density at radius 2 is 1.97 bits per heavy atom. The van der Waals surface area contributed by atoms with Crippen molar-refractivity contribution >= 4 is 35.0 Å². The van der Waals surface area contributed by atoms with E-state index in [1.54, 1.807) is 6.92 Å². The van der Waals surface area contributed by atoms with E-state index < -0.39 is 5.82 Å². The fourth-order valence-electron chi connectivity index (χ4n) is 3.50. The molecule has 1 N–H and O–H groups in total. The van der Waals surface area contributed by atoms with E-state index in [2.05, 4.69) is 26.6 Å². The Labute approximate surface area is 189 Å². The summed E-state index contributed by atoms with van der Waals surface area (Å²) in [6.45, 7) is 6.72. The van der Waals surface area contributed by atoms with Gasteiger partial charge in [0.1, 0.15) is 5.82 Å². The lowest BCUT2D eigenvalue weighted by molar-refractivity contribution is 0.102. The average molecular weight is 460 g/mol. The van der Waals surface area contributed by atoms with Crippen LogP contribution in [0, 0.1) is 19.7 Å². The van der Waals surface area contributed by atoms with Gasteiger partial charge >= 0.3 is 0 Å². The quantitative estimate of drug-likeness (QED) is 0.609. The molecule has 1 saturated heterocycles. The van der Waals surface area contributed by atoms with Crippen LogP contribution in [0.2, 0.25) is 5.02 Å². The molecule has 0 aliphatic carbocycles. The largest absolute Gasteiger partial charge is 0.320 e. The summed E-state index contributed by atoms with van der Waals surface area (Å²) in [4.78, 5) is 15.4. The van der Waals surface area contributed by atoms with Crippen molar-refractivity contribution in [2.45, 2.75) is 20.4 Å². The summed E-state index contributed by atoms with van der Waals surface area (Å²) >= 11 is 7.86. The molecule has 2 heterocycles. The van der Waals surface area contributed by atoms with Crippen LogP contribution in [-0.2, 0) is 6.54 Å². The van der Waals surface area contributed by atoms with Crippen LogP contribution < -0.4 is 5.32 Å². The van der Waals surface area contributed by atoms with Crippen LogP contribution in [0.15, 0.2) is 36.4 Å². The van der Waals surface area contributed by atoms with E-state index in [0.717, 1.165) is 48.0 Å². The van der Waals surface area contributed by atoms with Crippen LogP contribution in [0.1, 0.15) is 27.3 Å². The first-order chi connectivity index (χ1) is 14.9. The Bertz CT molecular complexity index is 1110. The number of carbonyl (C=O) groups is 1. The molecule has 2 aromatic carbocycles. The van der Waals surface area contributed by atoms with Crippen LogP contribution >= 0.6 is 23.4 Å². The predicted molar refractivity (Wildman–Crippen MR) is 123 cm³/mol. The third-order valence-electron chi connectivity index (χ3n) is 5.32. The van der Waals surface area contributed by atoms with E-state index in [1.807, 2.05) is 30.8 Å². The lowest BCUT2D eigenvalue weighted by Gasteiger charge is -2.26. The molecule has 1 aliphatic heterocycles. The number of thioether (sulfide) groups is 1. The van der Waals surface area contributed by atoms with Gasteiger partial charge in [0, 0.05) is 36.8 Å². The van der Waals surface area contributed by atoms with Gasteiger partial charge in [-0.3, -0.25) is 9.69 Å². The van der Waals surface area contributed by atoms with Crippen molar-refractivity contribution in [3.63, 3.8) is 0 Å². The number of benzene rings is 2. The Balaban J connectivity index is 1.52. The van der Waals surface area contributed by atoms with E-state index in [1.165, 1.54) is 22.9 Å². The maximum atomic E-state index is 13.5. The van der Waals surface area contributed by atoms with Gasteiger partial charge in [0.15, 0.2) is 5.69 Å². The number of aromatic nitrogens is 3. The zero-order chi connectivity index (χ0) is 22.0. The van der Waals surface area contributed by atoms with E-state index in [0.29, 0.717) is 11.4 Å². The highest BCUT2D eigenvalue weighted by Crippen LogP contribution is 2.23. The minimum absolute atomic E-state index is 0.0156. The molecule has 1 fully saturated rings. The highest BCUT2D eigenvalue weighted by molar-refractivity contribution is 7.99. The molecule has 162 valence electrons. The molecule has 1 aliphatic rings. The van der Waals surface area contributed by atoms with Gasteiger partial charge in [-0.15, -0.1) is 5.10 Å². The monoisotopic (exact) mass is 459 g/mol. The van der Waals surface area contributed by atoms with Crippen LogP contribution in [-0.4, -0.2) is 50.4 Å². The molecular weight excluding hydrogens is 437 g/mol. The highest BCUT2D eigenvalue weighted by atomic mass is 35.5. The van der Waals surface area contributed by atoms with Gasteiger partial charge in [-0.2, -0.15) is 11.8 Å². The molecule has 1 amide bonds. The molecular formula is C22H23ClFN5OS. The summed E-state index contributed by atoms with van der Waals surface area (Å²) in [5.74, 6) is 1.46. The van der Waals surface area contributed by atoms with Crippen LogP contribution in [0.5, 0.6) is 0 Å². The first kappa shape index (κ1) is 21.8. The second-order valence-electron chi connectivity index (χ2n) is 7.53. The van der Waals surface area contributed by atoms with Gasteiger partial charge in [0.25, 0.3) is 5.91 Å². The number of hydrogen-bond donors (Lipinski definition) is 1. The summed E-state index contributed by atoms with van der Waals surface area (Å²) in [6.07, 6.45) is 0. The normalized spacial score (nSPS) is 14.6. The minimum Gasteiger partial charge on any atom is -0.320 e. The van der Waals surface area contributed by atoms with Crippen molar-refractivity contribution in [3.8, 4) is 5.69 Å². The van der Waals surface area contributed by atoms with Crippen LogP contribution in [0.25, 0.3) is 5.69 Å². The highest BCUT2D eigenvalue weighted by Gasteiger charge is 2.19. The molecule has 0 saturated carbocycles. The Morgan fingerprint density at radius 1 is 1.19 bits per heavy atom. The summed E-state index contributed by atoms with van der Waals surface area (Å²) in [5, 5.41) is 11.0. The van der Waals surface area contributed by atoms with Gasteiger partial charge in [0.2, 0.25) is 0 Å². The molecule has 0 radical (unpaired) electrons. The molecule has 0 atom stereocenters. The number of aryl methyl sites for hydroxylation is 1. The van der Waals surface area contributed by atoms with E-state index in [9.17, 15) is 9.18 Å². The van der Waals surface area contributed by atoms with Gasteiger partial charge in [-0.25, -0.2) is 9.07 Å². The fraction of sp³-hybridized carbons (Fsp3) is 0.318.